The summed E-state index contributed by atoms with van der Waals surface area (Å²) >= 11 is 5.77. The van der Waals surface area contributed by atoms with Crippen molar-refractivity contribution in [3.63, 3.8) is 0 Å². The Balaban J connectivity index is 1.96. The summed E-state index contributed by atoms with van der Waals surface area (Å²) < 4.78 is 7.14. The van der Waals surface area contributed by atoms with Crippen LogP contribution in [0, 0.1) is 3.57 Å². The summed E-state index contributed by atoms with van der Waals surface area (Å²) in [5.74, 6) is 1.77. The van der Waals surface area contributed by atoms with Gasteiger partial charge in [0.05, 0.1) is 3.57 Å². The minimum atomic E-state index is 0.831. The monoisotopic (exact) mass is 438 g/mol. The van der Waals surface area contributed by atoms with E-state index in [1.54, 1.807) is 0 Å². The second-order valence-electron chi connectivity index (χ2n) is 4.51. The minimum absolute atomic E-state index is 0.831. The number of rotatable bonds is 3. The second-order valence-corrected chi connectivity index (χ2v) is 6.23. The lowest BCUT2D eigenvalue weighted by Gasteiger charge is -2.10. The molecule has 3 heteroatoms. The number of hydrogen-bond acceptors (Lipinski definition) is 1. The zero-order valence-corrected chi connectivity index (χ0v) is 14.4. The summed E-state index contributed by atoms with van der Waals surface area (Å²) in [7, 11) is 0. The Bertz CT molecular complexity index is 755. The van der Waals surface area contributed by atoms with E-state index in [2.05, 4.69) is 81.0 Å². The van der Waals surface area contributed by atoms with Gasteiger partial charge in [-0.3, -0.25) is 0 Å². The fraction of sp³-hybridized carbons (Fsp3) is 0.0588. The number of fused-ring (bicyclic) bond motifs is 1. The van der Waals surface area contributed by atoms with Crippen LogP contribution in [0.2, 0.25) is 0 Å². The van der Waals surface area contributed by atoms with E-state index in [9.17, 15) is 0 Å². The lowest BCUT2D eigenvalue weighted by Crippen LogP contribution is -1.89. The Morgan fingerprint density at radius 3 is 2.50 bits per heavy atom. The molecule has 0 aliphatic rings. The van der Waals surface area contributed by atoms with Crippen LogP contribution in [0.1, 0.15) is 5.56 Å². The van der Waals surface area contributed by atoms with Crippen LogP contribution in [0.15, 0.2) is 60.7 Å². The molecule has 3 aromatic carbocycles. The maximum atomic E-state index is 6.03. The average molecular weight is 439 g/mol. The summed E-state index contributed by atoms with van der Waals surface area (Å²) in [6, 6.07) is 20.7. The first kappa shape index (κ1) is 13.9. The van der Waals surface area contributed by atoms with Gasteiger partial charge in [-0.25, -0.2) is 0 Å². The third kappa shape index (κ3) is 2.99. The van der Waals surface area contributed by atoms with Crippen LogP contribution >= 0.6 is 38.5 Å². The van der Waals surface area contributed by atoms with Crippen molar-refractivity contribution in [2.45, 2.75) is 5.33 Å². The maximum Gasteiger partial charge on any atom is 0.141 e. The molecule has 0 saturated heterocycles. The molecule has 0 aromatic heterocycles. The molecular formula is C17H12BrIO. The fourth-order valence-corrected chi connectivity index (χ4v) is 2.86. The largest absolute Gasteiger partial charge is 0.456 e. The molecule has 0 unspecified atom stereocenters. The van der Waals surface area contributed by atoms with Crippen LogP contribution in [0.4, 0.5) is 0 Å². The third-order valence-corrected chi connectivity index (χ3v) is 4.64. The summed E-state index contributed by atoms with van der Waals surface area (Å²) in [5.41, 5.74) is 1.21. The molecule has 20 heavy (non-hydrogen) atoms. The van der Waals surface area contributed by atoms with Gasteiger partial charge in [-0.05, 0) is 63.2 Å². The molecule has 100 valence electrons. The van der Waals surface area contributed by atoms with Gasteiger partial charge in [0.15, 0.2) is 0 Å². The van der Waals surface area contributed by atoms with E-state index in [0.29, 0.717) is 0 Å². The summed E-state index contributed by atoms with van der Waals surface area (Å²) in [4.78, 5) is 0. The van der Waals surface area contributed by atoms with E-state index in [1.165, 1.54) is 16.3 Å². The van der Waals surface area contributed by atoms with E-state index < -0.39 is 0 Å². The van der Waals surface area contributed by atoms with Crippen molar-refractivity contribution in [3.8, 4) is 11.5 Å². The second kappa shape index (κ2) is 6.14. The Kier molecular flexibility index (Phi) is 4.27. The molecule has 0 fully saturated rings. The van der Waals surface area contributed by atoms with Gasteiger partial charge in [-0.15, -0.1) is 0 Å². The molecule has 0 aliphatic heterocycles. The first-order valence-corrected chi connectivity index (χ1v) is 8.47. The summed E-state index contributed by atoms with van der Waals surface area (Å²) in [5, 5.41) is 3.25. The van der Waals surface area contributed by atoms with Crippen LogP contribution in [0.3, 0.4) is 0 Å². The molecular weight excluding hydrogens is 427 g/mol. The molecule has 1 nitrogen and oxygen atoms in total. The van der Waals surface area contributed by atoms with Gasteiger partial charge in [0.2, 0.25) is 0 Å². The number of ether oxygens (including phenoxy) is 1. The molecule has 0 N–H and O–H groups in total. The maximum absolute atomic E-state index is 6.03. The molecule has 0 spiro atoms. The molecule has 3 rings (SSSR count). The summed E-state index contributed by atoms with van der Waals surface area (Å²) in [6.07, 6.45) is 0. The highest BCUT2D eigenvalue weighted by Gasteiger charge is 2.05. The standard InChI is InChI=1S/C17H12BrIO/c18-11-12-5-8-16(19)17(9-12)20-15-7-6-13-3-1-2-4-14(13)10-15/h1-10H,11H2. The van der Waals surface area contributed by atoms with E-state index in [1.807, 2.05) is 18.2 Å². The van der Waals surface area contributed by atoms with Gasteiger partial charge >= 0.3 is 0 Å². The first-order chi connectivity index (χ1) is 9.76. The average Bonchev–Trinajstić information content (AvgIpc) is 2.49. The van der Waals surface area contributed by atoms with Crippen molar-refractivity contribution in [3.05, 3.63) is 69.8 Å². The van der Waals surface area contributed by atoms with Gasteiger partial charge in [0.1, 0.15) is 11.5 Å². The summed E-state index contributed by atoms with van der Waals surface area (Å²) in [6.45, 7) is 0. The van der Waals surface area contributed by atoms with E-state index >= 15 is 0 Å². The van der Waals surface area contributed by atoms with Gasteiger partial charge in [-0.1, -0.05) is 52.3 Å². The Morgan fingerprint density at radius 2 is 1.70 bits per heavy atom. The molecule has 0 aliphatic carbocycles. The number of hydrogen-bond donors (Lipinski definition) is 0. The topological polar surface area (TPSA) is 9.23 Å². The van der Waals surface area contributed by atoms with E-state index in [4.69, 9.17) is 4.74 Å². The van der Waals surface area contributed by atoms with Crippen LogP contribution in [0.5, 0.6) is 11.5 Å². The van der Waals surface area contributed by atoms with Crippen LogP contribution in [-0.2, 0) is 5.33 Å². The SMILES string of the molecule is BrCc1ccc(I)c(Oc2ccc3ccccc3c2)c1. The Labute approximate surface area is 140 Å². The molecule has 0 atom stereocenters. The molecule has 0 amide bonds. The molecule has 0 heterocycles. The van der Waals surface area contributed by atoms with Crippen LogP contribution in [-0.4, -0.2) is 0 Å². The Hall–Kier alpha value is -1.07. The number of alkyl halides is 1. The van der Waals surface area contributed by atoms with E-state index in [0.717, 1.165) is 20.4 Å². The van der Waals surface area contributed by atoms with Crippen LogP contribution < -0.4 is 4.74 Å². The normalized spacial score (nSPS) is 10.7. The smallest absolute Gasteiger partial charge is 0.141 e. The van der Waals surface area contributed by atoms with E-state index in [-0.39, 0.29) is 0 Å². The third-order valence-electron chi connectivity index (χ3n) is 3.10. The number of benzene rings is 3. The van der Waals surface area contributed by atoms with Crippen molar-refractivity contribution in [2.75, 3.05) is 0 Å². The fourth-order valence-electron chi connectivity index (χ4n) is 2.07. The predicted octanol–water partition coefficient (Wildman–Crippen LogP) is 6.13. The number of halogens is 2. The lowest BCUT2D eigenvalue weighted by atomic mass is 10.1. The van der Waals surface area contributed by atoms with Crippen molar-refractivity contribution < 1.29 is 4.74 Å². The zero-order chi connectivity index (χ0) is 13.9. The van der Waals surface area contributed by atoms with Crippen molar-refractivity contribution in [1.29, 1.82) is 0 Å². The highest BCUT2D eigenvalue weighted by Crippen LogP contribution is 2.30. The zero-order valence-electron chi connectivity index (χ0n) is 10.6. The molecule has 3 aromatic rings. The van der Waals surface area contributed by atoms with Crippen molar-refractivity contribution in [2.24, 2.45) is 0 Å². The first-order valence-electron chi connectivity index (χ1n) is 6.27. The molecule has 0 bridgehead atoms. The van der Waals surface area contributed by atoms with Gasteiger partial charge in [0, 0.05) is 5.33 Å². The van der Waals surface area contributed by atoms with Gasteiger partial charge < -0.3 is 4.74 Å². The molecule has 0 radical (unpaired) electrons. The predicted molar refractivity (Wildman–Crippen MR) is 95.8 cm³/mol. The van der Waals surface area contributed by atoms with Crippen LogP contribution in [0.25, 0.3) is 10.8 Å². The highest BCUT2D eigenvalue weighted by atomic mass is 127. The minimum Gasteiger partial charge on any atom is -0.456 e. The lowest BCUT2D eigenvalue weighted by molar-refractivity contribution is 0.479. The van der Waals surface area contributed by atoms with Gasteiger partial charge in [0.25, 0.3) is 0 Å². The quantitative estimate of drug-likeness (QED) is 0.353. The van der Waals surface area contributed by atoms with Crippen molar-refractivity contribution >= 4 is 49.3 Å². The van der Waals surface area contributed by atoms with Crippen molar-refractivity contribution in [1.82, 2.24) is 0 Å². The highest BCUT2D eigenvalue weighted by molar-refractivity contribution is 14.1. The van der Waals surface area contributed by atoms with Gasteiger partial charge in [-0.2, -0.15) is 0 Å². The Morgan fingerprint density at radius 1 is 0.900 bits per heavy atom. The molecule has 0 saturated carbocycles.